The van der Waals surface area contributed by atoms with Gasteiger partial charge in [0.15, 0.2) is 5.78 Å². The van der Waals surface area contributed by atoms with Crippen LogP contribution in [0.5, 0.6) is 0 Å². The number of nitrogens with zero attached hydrogens (tertiary/aromatic N) is 1. The Bertz CT molecular complexity index is 400. The van der Waals surface area contributed by atoms with Crippen LogP contribution in [0.1, 0.15) is 18.6 Å². The fourth-order valence-corrected chi connectivity index (χ4v) is 1.20. The van der Waals surface area contributed by atoms with E-state index in [1.807, 2.05) is 0 Å². The van der Waals surface area contributed by atoms with Crippen molar-refractivity contribution in [1.29, 1.82) is 0 Å². The molecule has 2 N–H and O–H groups in total. The highest BCUT2D eigenvalue weighted by Gasteiger charge is 2.22. The van der Waals surface area contributed by atoms with Gasteiger partial charge in [-0.25, -0.2) is 0 Å². The molecule has 0 aliphatic heterocycles. The van der Waals surface area contributed by atoms with E-state index >= 15 is 0 Å². The average Bonchev–Trinajstić information content (AvgIpc) is 2.27. The second kappa shape index (κ2) is 4.82. The molecule has 86 valence electrons. The second-order valence-electron chi connectivity index (χ2n) is 3.35. The SMILES string of the molecule is CC(=O)C(O)C(O)c1ccc([N+](=O)[O-])cc1. The van der Waals surface area contributed by atoms with Crippen molar-refractivity contribution in [2.45, 2.75) is 19.1 Å². The Labute approximate surface area is 91.3 Å². The van der Waals surface area contributed by atoms with Crippen molar-refractivity contribution in [3.8, 4) is 0 Å². The summed E-state index contributed by atoms with van der Waals surface area (Å²) in [6, 6.07) is 5.00. The molecule has 0 aliphatic rings. The van der Waals surface area contributed by atoms with Crippen molar-refractivity contribution in [2.24, 2.45) is 0 Å². The number of Topliss-reactive ketones (excluding diaryl/α,β-unsaturated/α-hetero) is 1. The first kappa shape index (κ1) is 12.3. The maximum absolute atomic E-state index is 10.8. The van der Waals surface area contributed by atoms with E-state index in [0.717, 1.165) is 6.92 Å². The third-order valence-corrected chi connectivity index (χ3v) is 2.16. The summed E-state index contributed by atoms with van der Waals surface area (Å²) in [7, 11) is 0. The Balaban J connectivity index is 2.89. The van der Waals surface area contributed by atoms with Crippen LogP contribution in [0.2, 0.25) is 0 Å². The topological polar surface area (TPSA) is 101 Å². The maximum Gasteiger partial charge on any atom is 0.269 e. The summed E-state index contributed by atoms with van der Waals surface area (Å²) < 4.78 is 0. The molecule has 1 aromatic rings. The quantitative estimate of drug-likeness (QED) is 0.576. The lowest BCUT2D eigenvalue weighted by molar-refractivity contribution is -0.384. The van der Waals surface area contributed by atoms with Gasteiger partial charge in [0.05, 0.1) is 4.92 Å². The number of hydrogen-bond donors (Lipinski definition) is 2. The molecule has 2 unspecified atom stereocenters. The summed E-state index contributed by atoms with van der Waals surface area (Å²) in [5, 5.41) is 29.2. The Kier molecular flexibility index (Phi) is 3.70. The fraction of sp³-hybridized carbons (Fsp3) is 0.300. The number of non-ortho nitro benzene ring substituents is 1. The first-order chi connectivity index (χ1) is 7.43. The van der Waals surface area contributed by atoms with Gasteiger partial charge in [0.1, 0.15) is 12.2 Å². The van der Waals surface area contributed by atoms with Gasteiger partial charge in [-0.2, -0.15) is 0 Å². The molecule has 1 rings (SSSR count). The zero-order valence-electron chi connectivity index (χ0n) is 8.53. The number of rotatable bonds is 4. The first-order valence-corrected chi connectivity index (χ1v) is 4.54. The highest BCUT2D eigenvalue weighted by atomic mass is 16.6. The number of carbonyl (C=O) groups is 1. The van der Waals surface area contributed by atoms with Crippen LogP contribution < -0.4 is 0 Å². The largest absolute Gasteiger partial charge is 0.385 e. The molecule has 0 saturated carbocycles. The van der Waals surface area contributed by atoms with E-state index in [-0.39, 0.29) is 11.3 Å². The number of nitro groups is 1. The molecule has 0 fully saturated rings. The van der Waals surface area contributed by atoms with E-state index in [4.69, 9.17) is 0 Å². The molecule has 6 heteroatoms. The maximum atomic E-state index is 10.8. The second-order valence-corrected chi connectivity index (χ2v) is 3.35. The number of hydrogen-bond acceptors (Lipinski definition) is 5. The zero-order valence-corrected chi connectivity index (χ0v) is 8.53. The Morgan fingerprint density at radius 3 is 2.19 bits per heavy atom. The molecular weight excluding hydrogens is 214 g/mol. The Hall–Kier alpha value is -1.79. The summed E-state index contributed by atoms with van der Waals surface area (Å²) in [5.41, 5.74) is 0.140. The summed E-state index contributed by atoms with van der Waals surface area (Å²) >= 11 is 0. The van der Waals surface area contributed by atoms with Gasteiger partial charge in [-0.05, 0) is 24.6 Å². The standard InChI is InChI=1S/C10H11NO5/c1-6(12)9(13)10(14)7-2-4-8(5-3-7)11(15)16/h2-5,9-10,13-14H,1H3. The lowest BCUT2D eigenvalue weighted by atomic mass is 10.0. The molecular formula is C10H11NO5. The molecule has 16 heavy (non-hydrogen) atoms. The molecule has 0 heterocycles. The lowest BCUT2D eigenvalue weighted by Crippen LogP contribution is -2.25. The van der Waals surface area contributed by atoms with Crippen molar-refractivity contribution in [3.05, 3.63) is 39.9 Å². The van der Waals surface area contributed by atoms with E-state index in [1.165, 1.54) is 24.3 Å². The Morgan fingerprint density at radius 2 is 1.81 bits per heavy atom. The van der Waals surface area contributed by atoms with Crippen LogP contribution in [-0.2, 0) is 4.79 Å². The Morgan fingerprint density at radius 1 is 1.31 bits per heavy atom. The molecule has 0 saturated heterocycles. The molecule has 6 nitrogen and oxygen atoms in total. The monoisotopic (exact) mass is 225 g/mol. The molecule has 0 amide bonds. The lowest BCUT2D eigenvalue weighted by Gasteiger charge is -2.14. The number of nitro benzene ring substituents is 1. The van der Waals surface area contributed by atoms with Gasteiger partial charge >= 0.3 is 0 Å². The van der Waals surface area contributed by atoms with Crippen LogP contribution >= 0.6 is 0 Å². The molecule has 0 bridgehead atoms. The van der Waals surface area contributed by atoms with Crippen molar-refractivity contribution < 1.29 is 19.9 Å². The number of aliphatic hydroxyl groups is 2. The van der Waals surface area contributed by atoms with E-state index < -0.39 is 22.9 Å². The normalized spacial score (nSPS) is 14.2. The summed E-state index contributed by atoms with van der Waals surface area (Å²) in [5.74, 6) is -0.564. The molecule has 0 radical (unpaired) electrons. The average molecular weight is 225 g/mol. The van der Waals surface area contributed by atoms with Gasteiger partial charge < -0.3 is 10.2 Å². The van der Waals surface area contributed by atoms with E-state index in [9.17, 15) is 25.1 Å². The summed E-state index contributed by atoms with van der Waals surface area (Å²) in [6.07, 6.45) is -2.88. The number of aliphatic hydroxyl groups excluding tert-OH is 2. The van der Waals surface area contributed by atoms with Crippen LogP contribution in [0.4, 0.5) is 5.69 Å². The minimum Gasteiger partial charge on any atom is -0.385 e. The van der Waals surface area contributed by atoms with E-state index in [1.54, 1.807) is 0 Å². The number of benzene rings is 1. The molecule has 0 aliphatic carbocycles. The van der Waals surface area contributed by atoms with Crippen LogP contribution in [0.15, 0.2) is 24.3 Å². The highest BCUT2D eigenvalue weighted by molar-refractivity contribution is 5.81. The van der Waals surface area contributed by atoms with Crippen molar-refractivity contribution in [3.63, 3.8) is 0 Å². The van der Waals surface area contributed by atoms with Crippen LogP contribution in [0.3, 0.4) is 0 Å². The van der Waals surface area contributed by atoms with E-state index in [0.29, 0.717) is 0 Å². The van der Waals surface area contributed by atoms with Crippen LogP contribution in [0.25, 0.3) is 0 Å². The molecule has 0 aromatic heterocycles. The van der Waals surface area contributed by atoms with Crippen LogP contribution in [0, 0.1) is 10.1 Å². The number of carbonyl (C=O) groups excluding carboxylic acids is 1. The van der Waals surface area contributed by atoms with Crippen molar-refractivity contribution >= 4 is 11.5 Å². The minimum atomic E-state index is -1.51. The smallest absolute Gasteiger partial charge is 0.269 e. The van der Waals surface area contributed by atoms with Crippen molar-refractivity contribution in [1.82, 2.24) is 0 Å². The third kappa shape index (κ3) is 2.62. The third-order valence-electron chi connectivity index (χ3n) is 2.16. The van der Waals surface area contributed by atoms with Crippen LogP contribution in [-0.4, -0.2) is 27.0 Å². The van der Waals surface area contributed by atoms with Gasteiger partial charge in [-0.3, -0.25) is 14.9 Å². The van der Waals surface area contributed by atoms with Gasteiger partial charge in [0.2, 0.25) is 0 Å². The first-order valence-electron chi connectivity index (χ1n) is 4.54. The highest BCUT2D eigenvalue weighted by Crippen LogP contribution is 2.20. The van der Waals surface area contributed by atoms with Gasteiger partial charge in [0, 0.05) is 12.1 Å². The molecule has 1 aromatic carbocycles. The summed E-state index contributed by atoms with van der Waals surface area (Å²) in [4.78, 5) is 20.6. The predicted octanol–water partition coefficient (Wildman–Crippen LogP) is 0.578. The molecule has 2 atom stereocenters. The minimum absolute atomic E-state index is 0.117. The predicted molar refractivity (Wildman–Crippen MR) is 54.7 cm³/mol. The van der Waals surface area contributed by atoms with Gasteiger partial charge in [0.25, 0.3) is 5.69 Å². The summed E-state index contributed by atoms with van der Waals surface area (Å²) in [6.45, 7) is 1.15. The van der Waals surface area contributed by atoms with Crippen molar-refractivity contribution in [2.75, 3.05) is 0 Å². The molecule has 0 spiro atoms. The fourth-order valence-electron chi connectivity index (χ4n) is 1.20. The van der Waals surface area contributed by atoms with E-state index in [2.05, 4.69) is 0 Å². The van der Waals surface area contributed by atoms with Gasteiger partial charge in [-0.15, -0.1) is 0 Å². The zero-order chi connectivity index (χ0) is 12.3. The van der Waals surface area contributed by atoms with Gasteiger partial charge in [-0.1, -0.05) is 0 Å². The number of ketones is 1.